The van der Waals surface area contributed by atoms with Gasteiger partial charge in [0.2, 0.25) is 6.79 Å². The molecule has 42 heavy (non-hydrogen) atoms. The second-order valence-corrected chi connectivity index (χ2v) is 11.0. The van der Waals surface area contributed by atoms with Crippen molar-refractivity contribution in [1.29, 1.82) is 0 Å². The maximum Gasteiger partial charge on any atom is 0.323 e. The maximum atomic E-state index is 13.7. The molecule has 0 aliphatic carbocycles. The number of amides is 3. The van der Waals surface area contributed by atoms with Crippen LogP contribution >= 0.6 is 0 Å². The van der Waals surface area contributed by atoms with Crippen LogP contribution in [0.4, 0.5) is 16.2 Å². The van der Waals surface area contributed by atoms with E-state index in [-0.39, 0.29) is 37.1 Å². The summed E-state index contributed by atoms with van der Waals surface area (Å²) in [5, 5.41) is 19.4. The summed E-state index contributed by atoms with van der Waals surface area (Å²) < 4.78 is 22.7. The Hall–Kier alpha value is -4.29. The number of carbonyl (C=O) groups is 2. The number of ether oxygens (including phenoxy) is 3. The van der Waals surface area contributed by atoms with Crippen LogP contribution in [0.25, 0.3) is 0 Å². The molecule has 0 spiro atoms. The number of urea groups is 1. The van der Waals surface area contributed by atoms with E-state index in [1.807, 2.05) is 39.1 Å². The number of nitrogens with zero attached hydrogens (tertiary/aromatic N) is 3. The molecule has 2 aliphatic rings. The first kappa shape index (κ1) is 29.2. The predicted molar refractivity (Wildman–Crippen MR) is 155 cm³/mol. The minimum absolute atomic E-state index is 0.0977. The summed E-state index contributed by atoms with van der Waals surface area (Å²) in [6.07, 6.45) is -0.349. The monoisotopic (exact) mass is 579 g/mol. The number of aromatic nitrogens is 1. The lowest BCUT2D eigenvalue weighted by Gasteiger charge is -2.38. The molecule has 3 heterocycles. The fourth-order valence-electron chi connectivity index (χ4n) is 5.21. The van der Waals surface area contributed by atoms with Gasteiger partial charge >= 0.3 is 6.03 Å². The van der Waals surface area contributed by atoms with Crippen LogP contribution in [0, 0.1) is 19.8 Å². The number of rotatable bonds is 8. The number of aliphatic hydroxyl groups is 1. The van der Waals surface area contributed by atoms with Crippen molar-refractivity contribution < 1.29 is 33.4 Å². The van der Waals surface area contributed by atoms with Crippen molar-refractivity contribution in [3.05, 3.63) is 59.0 Å². The molecule has 0 unspecified atom stereocenters. The van der Waals surface area contributed by atoms with Gasteiger partial charge in [-0.15, -0.1) is 0 Å². The van der Waals surface area contributed by atoms with Crippen LogP contribution in [0.5, 0.6) is 17.2 Å². The van der Waals surface area contributed by atoms with E-state index >= 15 is 0 Å². The summed E-state index contributed by atoms with van der Waals surface area (Å²) in [6, 6.07) is 10.0. The van der Waals surface area contributed by atoms with Gasteiger partial charge < -0.3 is 39.4 Å². The summed E-state index contributed by atoms with van der Waals surface area (Å²) in [4.78, 5) is 30.6. The third kappa shape index (κ3) is 6.14. The van der Waals surface area contributed by atoms with Gasteiger partial charge in [0.25, 0.3) is 5.91 Å². The Kier molecular flexibility index (Phi) is 8.55. The first-order valence-electron chi connectivity index (χ1n) is 13.9. The Morgan fingerprint density at radius 3 is 2.71 bits per heavy atom. The average Bonchev–Trinajstić information content (AvgIpc) is 3.56. The van der Waals surface area contributed by atoms with Gasteiger partial charge in [0.05, 0.1) is 23.9 Å². The first-order valence-corrected chi connectivity index (χ1v) is 13.9. The van der Waals surface area contributed by atoms with Gasteiger partial charge in [0.15, 0.2) is 23.0 Å². The van der Waals surface area contributed by atoms with Crippen LogP contribution in [-0.4, -0.2) is 77.7 Å². The largest absolute Gasteiger partial charge is 0.486 e. The lowest BCUT2D eigenvalue weighted by molar-refractivity contribution is 0.0343. The molecule has 3 atom stereocenters. The van der Waals surface area contributed by atoms with Crippen LogP contribution in [-0.2, 0) is 6.54 Å². The summed E-state index contributed by atoms with van der Waals surface area (Å²) in [5.41, 5.74) is 2.73. The normalized spacial score (nSPS) is 18.6. The number of hydrogen-bond acceptors (Lipinski definition) is 9. The van der Waals surface area contributed by atoms with Crippen LogP contribution in [0.3, 0.4) is 0 Å². The molecule has 0 saturated carbocycles. The zero-order valence-corrected chi connectivity index (χ0v) is 24.5. The molecular weight excluding hydrogens is 542 g/mol. The fraction of sp³-hybridized carbons (Fsp3) is 0.433. The van der Waals surface area contributed by atoms with Gasteiger partial charge in [-0.05, 0) is 57.6 Å². The highest BCUT2D eigenvalue weighted by molar-refractivity contribution is 6.04. The van der Waals surface area contributed by atoms with Crippen molar-refractivity contribution in [2.24, 2.45) is 5.92 Å². The molecule has 12 nitrogen and oxygen atoms in total. The van der Waals surface area contributed by atoms with Crippen molar-refractivity contribution in [3.63, 3.8) is 0 Å². The van der Waals surface area contributed by atoms with E-state index in [0.29, 0.717) is 48.0 Å². The van der Waals surface area contributed by atoms with E-state index in [4.69, 9.17) is 18.7 Å². The molecule has 2 aliphatic heterocycles. The molecular formula is C30H37N5O7. The quantitative estimate of drug-likeness (QED) is 0.361. The zero-order valence-electron chi connectivity index (χ0n) is 24.5. The molecule has 1 aromatic heterocycles. The lowest BCUT2D eigenvalue weighted by atomic mass is 9.99. The van der Waals surface area contributed by atoms with E-state index < -0.39 is 12.1 Å². The van der Waals surface area contributed by atoms with E-state index in [0.717, 1.165) is 17.1 Å². The minimum atomic E-state index is -0.527. The molecule has 3 amide bonds. The second kappa shape index (κ2) is 12.3. The summed E-state index contributed by atoms with van der Waals surface area (Å²) >= 11 is 0. The van der Waals surface area contributed by atoms with Crippen molar-refractivity contribution in [3.8, 4) is 17.2 Å². The molecule has 12 heteroatoms. The van der Waals surface area contributed by atoms with Crippen LogP contribution in [0.2, 0.25) is 0 Å². The zero-order chi connectivity index (χ0) is 30.0. The number of fused-ring (bicyclic) bond motifs is 2. The number of likely N-dealkylation sites (N-methyl/N-ethyl adjacent to an activating group) is 1. The van der Waals surface area contributed by atoms with Crippen LogP contribution in [0.15, 0.2) is 40.9 Å². The van der Waals surface area contributed by atoms with Gasteiger partial charge in [0, 0.05) is 25.6 Å². The standard InChI is InChI=1S/C30H37N5O7/c1-17-12-35(18(2)15-36)29(37)22-7-6-8-23(31-30(38)32-27-19(3)33-42-20(27)4)28(22)41-26(17)14-34(5)13-21-9-10-24-25(11-21)40-16-39-24/h6-11,17-18,26,36H,12-16H2,1-5H3,(H2,31,32,38)/t17-,18+,26+/m1/s1. The maximum absolute atomic E-state index is 13.7. The molecule has 0 bridgehead atoms. The van der Waals surface area contributed by atoms with Crippen molar-refractivity contribution in [2.75, 3.05) is 44.2 Å². The number of benzene rings is 2. The van der Waals surface area contributed by atoms with Gasteiger partial charge in [-0.3, -0.25) is 9.69 Å². The molecule has 0 fully saturated rings. The fourth-order valence-corrected chi connectivity index (χ4v) is 5.21. The number of para-hydroxylation sites is 1. The third-order valence-corrected chi connectivity index (χ3v) is 7.59. The molecule has 0 saturated heterocycles. The molecule has 3 aromatic rings. The van der Waals surface area contributed by atoms with Crippen LogP contribution < -0.4 is 24.8 Å². The van der Waals surface area contributed by atoms with Gasteiger partial charge in [-0.2, -0.15) is 0 Å². The number of hydrogen-bond donors (Lipinski definition) is 3. The Morgan fingerprint density at radius 2 is 1.98 bits per heavy atom. The Bertz CT molecular complexity index is 1440. The van der Waals surface area contributed by atoms with Gasteiger partial charge in [0.1, 0.15) is 17.5 Å². The van der Waals surface area contributed by atoms with E-state index in [1.165, 1.54) is 0 Å². The molecule has 5 rings (SSSR count). The highest BCUT2D eigenvalue weighted by atomic mass is 16.7. The van der Waals surface area contributed by atoms with E-state index in [1.54, 1.807) is 36.9 Å². The van der Waals surface area contributed by atoms with Gasteiger partial charge in [-0.25, -0.2) is 4.79 Å². The summed E-state index contributed by atoms with van der Waals surface area (Å²) in [5.74, 6) is 1.84. The third-order valence-electron chi connectivity index (χ3n) is 7.59. The average molecular weight is 580 g/mol. The highest BCUT2D eigenvalue weighted by Gasteiger charge is 2.34. The number of aryl methyl sites for hydroxylation is 2. The van der Waals surface area contributed by atoms with E-state index in [9.17, 15) is 14.7 Å². The molecule has 0 radical (unpaired) electrons. The topological polar surface area (TPSA) is 139 Å². The van der Waals surface area contributed by atoms with Gasteiger partial charge in [-0.1, -0.05) is 24.2 Å². The van der Waals surface area contributed by atoms with E-state index in [2.05, 4.69) is 20.7 Å². The molecule has 224 valence electrons. The number of anilines is 2. The second-order valence-electron chi connectivity index (χ2n) is 11.0. The first-order chi connectivity index (χ1) is 20.1. The van der Waals surface area contributed by atoms with Crippen LogP contribution in [0.1, 0.15) is 41.2 Å². The smallest absolute Gasteiger partial charge is 0.323 e. The number of aliphatic hydroxyl groups excluding tert-OH is 1. The highest BCUT2D eigenvalue weighted by Crippen LogP contribution is 2.36. The minimum Gasteiger partial charge on any atom is -0.486 e. The SMILES string of the molecule is Cc1noc(C)c1NC(=O)Nc1cccc2c1O[C@@H](CN(C)Cc1ccc3c(c1)OCO3)[C@H](C)CN([C@@H](C)CO)C2=O. The Morgan fingerprint density at radius 1 is 1.19 bits per heavy atom. The predicted octanol–water partition coefficient (Wildman–Crippen LogP) is 4.02. The lowest BCUT2D eigenvalue weighted by Crippen LogP contribution is -2.49. The number of nitrogens with one attached hydrogen (secondary N) is 2. The Balaban J connectivity index is 1.41. The van der Waals surface area contributed by atoms with Crippen molar-refractivity contribution in [2.45, 2.75) is 46.4 Å². The summed E-state index contributed by atoms with van der Waals surface area (Å²) in [6.45, 7) is 8.87. The number of carbonyl (C=O) groups excluding carboxylic acids is 2. The summed E-state index contributed by atoms with van der Waals surface area (Å²) in [7, 11) is 2.00. The van der Waals surface area contributed by atoms with Crippen molar-refractivity contribution >= 4 is 23.3 Å². The molecule has 2 aromatic carbocycles. The molecule has 3 N–H and O–H groups in total. The Labute approximate surface area is 244 Å². The van der Waals surface area contributed by atoms with Crippen molar-refractivity contribution in [1.82, 2.24) is 15.0 Å².